The molecule has 2 rings (SSSR count). The number of hydrogen-bond donors (Lipinski definition) is 1. The van der Waals surface area contributed by atoms with Crippen molar-refractivity contribution in [3.8, 4) is 0 Å². The van der Waals surface area contributed by atoms with Gasteiger partial charge in [-0.3, -0.25) is 0 Å². The number of rotatable bonds is 1. The Kier molecular flexibility index (Phi) is 2.36. The molecule has 14 heavy (non-hydrogen) atoms. The summed E-state index contributed by atoms with van der Waals surface area (Å²) in [6, 6.07) is 6.80. The standard InChI is InChI=1S/C12H18N2/c1-9(2)14-8-4-5-10-11(13)6-3-7-12(10)14/h3,6-7,9H,4-5,8,13H2,1-2H3. The fourth-order valence-electron chi connectivity index (χ4n) is 2.22. The van der Waals surface area contributed by atoms with Gasteiger partial charge >= 0.3 is 0 Å². The molecule has 1 aromatic carbocycles. The molecule has 2 nitrogen and oxygen atoms in total. The predicted molar refractivity (Wildman–Crippen MR) is 61.7 cm³/mol. The van der Waals surface area contributed by atoms with Crippen LogP contribution in [0.15, 0.2) is 18.2 Å². The van der Waals surface area contributed by atoms with E-state index in [1.807, 2.05) is 6.07 Å². The van der Waals surface area contributed by atoms with Crippen LogP contribution in [0.5, 0.6) is 0 Å². The molecule has 0 saturated heterocycles. The minimum atomic E-state index is 0.566. The summed E-state index contributed by atoms with van der Waals surface area (Å²) in [7, 11) is 0. The van der Waals surface area contributed by atoms with Crippen molar-refractivity contribution < 1.29 is 0 Å². The Morgan fingerprint density at radius 2 is 2.14 bits per heavy atom. The number of anilines is 2. The van der Waals surface area contributed by atoms with Crippen molar-refractivity contribution in [3.63, 3.8) is 0 Å². The molecule has 0 spiro atoms. The van der Waals surface area contributed by atoms with Gasteiger partial charge in [0.15, 0.2) is 0 Å². The zero-order valence-corrected chi connectivity index (χ0v) is 8.96. The number of fused-ring (bicyclic) bond motifs is 1. The van der Waals surface area contributed by atoms with Crippen molar-refractivity contribution in [2.45, 2.75) is 32.7 Å². The molecule has 1 aliphatic rings. The molecule has 0 amide bonds. The van der Waals surface area contributed by atoms with Crippen LogP contribution in [0.4, 0.5) is 11.4 Å². The van der Waals surface area contributed by atoms with E-state index in [1.54, 1.807) is 0 Å². The first kappa shape index (κ1) is 9.38. The maximum absolute atomic E-state index is 5.98. The minimum Gasteiger partial charge on any atom is -0.398 e. The number of benzene rings is 1. The van der Waals surface area contributed by atoms with E-state index in [-0.39, 0.29) is 0 Å². The fraction of sp³-hybridized carbons (Fsp3) is 0.500. The molecule has 0 fully saturated rings. The van der Waals surface area contributed by atoms with E-state index in [4.69, 9.17) is 5.73 Å². The molecular weight excluding hydrogens is 172 g/mol. The van der Waals surface area contributed by atoms with Crippen LogP contribution < -0.4 is 10.6 Å². The highest BCUT2D eigenvalue weighted by Gasteiger charge is 2.19. The van der Waals surface area contributed by atoms with E-state index in [0.717, 1.165) is 18.7 Å². The minimum absolute atomic E-state index is 0.566. The van der Waals surface area contributed by atoms with Gasteiger partial charge in [0, 0.05) is 24.0 Å². The molecule has 76 valence electrons. The van der Waals surface area contributed by atoms with Gasteiger partial charge in [0.1, 0.15) is 0 Å². The average Bonchev–Trinajstić information content (AvgIpc) is 2.17. The topological polar surface area (TPSA) is 29.3 Å². The van der Waals surface area contributed by atoms with Crippen LogP contribution in [0.1, 0.15) is 25.8 Å². The molecular formula is C12H18N2. The zero-order chi connectivity index (χ0) is 10.1. The molecule has 0 aromatic heterocycles. The average molecular weight is 190 g/mol. The predicted octanol–water partition coefficient (Wildman–Crippen LogP) is 2.43. The van der Waals surface area contributed by atoms with Gasteiger partial charge in [-0.15, -0.1) is 0 Å². The third kappa shape index (κ3) is 1.45. The van der Waals surface area contributed by atoms with Crippen molar-refractivity contribution in [1.29, 1.82) is 0 Å². The zero-order valence-electron chi connectivity index (χ0n) is 8.96. The van der Waals surface area contributed by atoms with E-state index in [1.165, 1.54) is 17.7 Å². The van der Waals surface area contributed by atoms with Gasteiger partial charge in [-0.25, -0.2) is 0 Å². The third-order valence-corrected chi connectivity index (χ3v) is 2.95. The SMILES string of the molecule is CC(C)N1CCCc2c(N)cccc21. The molecule has 0 saturated carbocycles. The Hall–Kier alpha value is -1.18. The molecule has 0 unspecified atom stereocenters. The van der Waals surface area contributed by atoms with Crippen molar-refractivity contribution in [2.75, 3.05) is 17.2 Å². The van der Waals surface area contributed by atoms with E-state index in [0.29, 0.717) is 6.04 Å². The number of nitrogens with zero attached hydrogens (tertiary/aromatic N) is 1. The molecule has 2 heteroatoms. The smallest absolute Gasteiger partial charge is 0.0421 e. The van der Waals surface area contributed by atoms with Crippen LogP contribution in [0.2, 0.25) is 0 Å². The van der Waals surface area contributed by atoms with Gasteiger partial charge in [-0.05, 0) is 44.4 Å². The summed E-state index contributed by atoms with van der Waals surface area (Å²) < 4.78 is 0. The van der Waals surface area contributed by atoms with Crippen molar-refractivity contribution in [3.05, 3.63) is 23.8 Å². The first-order valence-corrected chi connectivity index (χ1v) is 5.34. The lowest BCUT2D eigenvalue weighted by atomic mass is 9.99. The highest BCUT2D eigenvalue weighted by atomic mass is 15.2. The second-order valence-electron chi connectivity index (χ2n) is 4.24. The van der Waals surface area contributed by atoms with Crippen molar-refractivity contribution in [2.24, 2.45) is 0 Å². The monoisotopic (exact) mass is 190 g/mol. The molecule has 1 aromatic rings. The lowest BCUT2D eigenvalue weighted by Crippen LogP contribution is -2.35. The van der Waals surface area contributed by atoms with Gasteiger partial charge in [0.25, 0.3) is 0 Å². The molecule has 1 heterocycles. The summed E-state index contributed by atoms with van der Waals surface area (Å²) in [6.45, 7) is 5.63. The van der Waals surface area contributed by atoms with Crippen LogP contribution in [0.3, 0.4) is 0 Å². The third-order valence-electron chi connectivity index (χ3n) is 2.95. The van der Waals surface area contributed by atoms with Crippen LogP contribution in [0, 0.1) is 0 Å². The summed E-state index contributed by atoms with van der Waals surface area (Å²) in [5.41, 5.74) is 9.61. The Morgan fingerprint density at radius 1 is 1.36 bits per heavy atom. The van der Waals surface area contributed by atoms with Gasteiger partial charge in [0.2, 0.25) is 0 Å². The second kappa shape index (κ2) is 3.52. The Labute approximate surface area is 85.7 Å². The first-order valence-electron chi connectivity index (χ1n) is 5.34. The van der Waals surface area contributed by atoms with Gasteiger partial charge in [-0.1, -0.05) is 6.07 Å². The molecule has 2 N–H and O–H groups in total. The van der Waals surface area contributed by atoms with Gasteiger partial charge in [0.05, 0.1) is 0 Å². The molecule has 0 atom stereocenters. The Balaban J connectivity index is 2.44. The highest BCUT2D eigenvalue weighted by Crippen LogP contribution is 2.32. The van der Waals surface area contributed by atoms with E-state index < -0.39 is 0 Å². The Morgan fingerprint density at radius 3 is 2.86 bits per heavy atom. The summed E-state index contributed by atoms with van der Waals surface area (Å²) in [5.74, 6) is 0. The van der Waals surface area contributed by atoms with Crippen LogP contribution in [0.25, 0.3) is 0 Å². The number of hydrogen-bond acceptors (Lipinski definition) is 2. The second-order valence-corrected chi connectivity index (χ2v) is 4.24. The Bertz CT molecular complexity index is 331. The van der Waals surface area contributed by atoms with Crippen LogP contribution in [-0.2, 0) is 6.42 Å². The quantitative estimate of drug-likeness (QED) is 0.689. The number of nitrogen functional groups attached to an aromatic ring is 1. The molecule has 0 bridgehead atoms. The number of nitrogens with two attached hydrogens (primary N) is 1. The first-order chi connectivity index (χ1) is 6.70. The highest BCUT2D eigenvalue weighted by molar-refractivity contribution is 5.66. The molecule has 0 aliphatic carbocycles. The molecule has 1 aliphatic heterocycles. The summed E-state index contributed by atoms with van der Waals surface area (Å²) in [5, 5.41) is 0. The van der Waals surface area contributed by atoms with E-state index in [2.05, 4.69) is 30.9 Å². The normalized spacial score (nSPS) is 15.8. The summed E-state index contributed by atoms with van der Waals surface area (Å²) in [4.78, 5) is 2.44. The van der Waals surface area contributed by atoms with Gasteiger partial charge < -0.3 is 10.6 Å². The van der Waals surface area contributed by atoms with E-state index in [9.17, 15) is 0 Å². The summed E-state index contributed by atoms with van der Waals surface area (Å²) in [6.07, 6.45) is 2.35. The lowest BCUT2D eigenvalue weighted by Gasteiger charge is -2.35. The maximum Gasteiger partial charge on any atom is 0.0421 e. The van der Waals surface area contributed by atoms with Crippen molar-refractivity contribution in [1.82, 2.24) is 0 Å². The molecule has 0 radical (unpaired) electrons. The fourth-order valence-corrected chi connectivity index (χ4v) is 2.22. The summed E-state index contributed by atoms with van der Waals surface area (Å²) >= 11 is 0. The van der Waals surface area contributed by atoms with Gasteiger partial charge in [-0.2, -0.15) is 0 Å². The van der Waals surface area contributed by atoms with Crippen molar-refractivity contribution >= 4 is 11.4 Å². The van der Waals surface area contributed by atoms with Crippen LogP contribution >= 0.6 is 0 Å². The van der Waals surface area contributed by atoms with E-state index >= 15 is 0 Å². The lowest BCUT2D eigenvalue weighted by molar-refractivity contribution is 0.626. The maximum atomic E-state index is 5.98. The largest absolute Gasteiger partial charge is 0.398 e. The van der Waals surface area contributed by atoms with Crippen LogP contribution in [-0.4, -0.2) is 12.6 Å².